The van der Waals surface area contributed by atoms with Crippen molar-refractivity contribution < 1.29 is 14.6 Å². The van der Waals surface area contributed by atoms with Crippen LogP contribution in [0.1, 0.15) is 22.0 Å². The van der Waals surface area contributed by atoms with Gasteiger partial charge in [0, 0.05) is 12.7 Å². The van der Waals surface area contributed by atoms with Crippen LogP contribution in [0, 0.1) is 0 Å². The maximum absolute atomic E-state index is 12.6. The molecule has 0 radical (unpaired) electrons. The number of carbonyl (C=O) groups is 1. The number of methoxy groups -OCH3 is 1. The molecule has 4 aromatic rings. The zero-order chi connectivity index (χ0) is 21.1. The Balaban J connectivity index is 1.70. The Hall–Kier alpha value is -3.91. The van der Waals surface area contributed by atoms with Gasteiger partial charge in [-0.05, 0) is 23.8 Å². The summed E-state index contributed by atoms with van der Waals surface area (Å²) in [5, 5.41) is 13.6. The summed E-state index contributed by atoms with van der Waals surface area (Å²) >= 11 is 0. The third-order valence-electron chi connectivity index (χ3n) is 4.79. The van der Waals surface area contributed by atoms with E-state index in [1.54, 1.807) is 24.3 Å². The second-order valence-electron chi connectivity index (χ2n) is 6.68. The average Bonchev–Trinajstić information content (AvgIpc) is 3.21. The Morgan fingerprint density at radius 3 is 2.73 bits per heavy atom. The molecule has 2 aromatic heterocycles. The molecule has 0 amide bonds. The molecule has 0 saturated heterocycles. The van der Waals surface area contributed by atoms with Crippen LogP contribution in [0.25, 0.3) is 22.4 Å². The third kappa shape index (κ3) is 3.68. The first-order valence-corrected chi connectivity index (χ1v) is 9.34. The monoisotopic (exact) mass is 404 g/mol. The molecule has 152 valence electrons. The van der Waals surface area contributed by atoms with Crippen molar-refractivity contribution in [2.45, 2.75) is 6.10 Å². The molecule has 0 bridgehead atoms. The fraction of sp³-hybridized carbons (Fsp3) is 0.136. The first-order chi connectivity index (χ1) is 14.6. The number of esters is 1. The number of ether oxygens (including phenoxy) is 1. The van der Waals surface area contributed by atoms with Crippen LogP contribution >= 0.6 is 0 Å². The van der Waals surface area contributed by atoms with Gasteiger partial charge >= 0.3 is 5.97 Å². The van der Waals surface area contributed by atoms with Gasteiger partial charge in [-0.3, -0.25) is 4.79 Å². The summed E-state index contributed by atoms with van der Waals surface area (Å²) < 4.78 is 4.81. The third-order valence-corrected chi connectivity index (χ3v) is 4.79. The lowest BCUT2D eigenvalue weighted by molar-refractivity contribution is 0.0603. The molecule has 0 saturated carbocycles. The number of carbonyl (C=O) groups excluding carboxylic acids is 1. The molecule has 2 aromatic carbocycles. The Morgan fingerprint density at radius 2 is 1.97 bits per heavy atom. The summed E-state index contributed by atoms with van der Waals surface area (Å²) in [6, 6.07) is 16.0. The molecule has 30 heavy (non-hydrogen) atoms. The number of fused-ring (bicyclic) bond motifs is 1. The number of hydrogen-bond acceptors (Lipinski definition) is 6. The van der Waals surface area contributed by atoms with Gasteiger partial charge in [0.15, 0.2) is 0 Å². The van der Waals surface area contributed by atoms with E-state index < -0.39 is 12.1 Å². The van der Waals surface area contributed by atoms with Gasteiger partial charge in [-0.2, -0.15) is 0 Å². The molecule has 8 nitrogen and oxygen atoms in total. The zero-order valence-corrected chi connectivity index (χ0v) is 16.2. The standard InChI is InChI=1S/C22H20N4O4/c1-30-22(29)14-8-5-9-16-19(14)26-20(25-16)18-15(10-11-23-21(18)28)24-12-17(27)13-6-3-2-4-7-13/h2-11,17,27H,12H2,1H3,(H,25,26)(H2,23,24,28)/t17-/m0/s1. The van der Waals surface area contributed by atoms with Gasteiger partial charge in [0.2, 0.25) is 0 Å². The number of nitrogens with zero attached hydrogens (tertiary/aromatic N) is 1. The first-order valence-electron chi connectivity index (χ1n) is 9.34. The topological polar surface area (TPSA) is 120 Å². The largest absolute Gasteiger partial charge is 0.465 e. The average molecular weight is 404 g/mol. The highest BCUT2D eigenvalue weighted by atomic mass is 16.5. The van der Waals surface area contributed by atoms with Crippen LogP contribution in [0.3, 0.4) is 0 Å². The van der Waals surface area contributed by atoms with Crippen LogP contribution < -0.4 is 10.9 Å². The minimum absolute atomic E-state index is 0.202. The molecule has 4 N–H and O–H groups in total. The molecule has 2 heterocycles. The molecule has 0 aliphatic rings. The van der Waals surface area contributed by atoms with E-state index in [1.165, 1.54) is 13.3 Å². The molecule has 1 atom stereocenters. The van der Waals surface area contributed by atoms with E-state index in [0.717, 1.165) is 5.56 Å². The van der Waals surface area contributed by atoms with Gasteiger partial charge in [0.25, 0.3) is 5.56 Å². The summed E-state index contributed by atoms with van der Waals surface area (Å²) in [5.74, 6) is -0.204. The van der Waals surface area contributed by atoms with E-state index in [9.17, 15) is 14.7 Å². The van der Waals surface area contributed by atoms with Gasteiger partial charge in [-0.25, -0.2) is 9.78 Å². The quantitative estimate of drug-likeness (QED) is 0.367. The Morgan fingerprint density at radius 1 is 1.17 bits per heavy atom. The number of aromatic amines is 2. The van der Waals surface area contributed by atoms with Crippen LogP contribution in [0.5, 0.6) is 0 Å². The second-order valence-corrected chi connectivity index (χ2v) is 6.68. The number of imidazole rings is 1. The summed E-state index contributed by atoms with van der Waals surface area (Å²) in [4.78, 5) is 34.8. The maximum atomic E-state index is 12.6. The minimum atomic E-state index is -0.750. The summed E-state index contributed by atoms with van der Waals surface area (Å²) in [6.07, 6.45) is 0.769. The van der Waals surface area contributed by atoms with E-state index in [4.69, 9.17) is 4.74 Å². The number of rotatable bonds is 6. The summed E-state index contributed by atoms with van der Waals surface area (Å²) in [6.45, 7) is 0.202. The molecule has 8 heteroatoms. The SMILES string of the molecule is COC(=O)c1cccc2[nH]c(-c3c(NC[C@H](O)c4ccccc4)cc[nH]c3=O)nc12. The Bertz CT molecular complexity index is 1250. The van der Waals surface area contributed by atoms with E-state index in [0.29, 0.717) is 28.1 Å². The minimum Gasteiger partial charge on any atom is -0.465 e. The molecular formula is C22H20N4O4. The highest BCUT2D eigenvalue weighted by molar-refractivity contribution is 6.02. The van der Waals surface area contributed by atoms with E-state index in [-0.39, 0.29) is 17.7 Å². The molecule has 0 unspecified atom stereocenters. The molecule has 0 aliphatic carbocycles. The molecular weight excluding hydrogens is 384 g/mol. The number of pyridine rings is 1. The number of anilines is 1. The number of aliphatic hydroxyl groups excluding tert-OH is 1. The first kappa shape index (κ1) is 19.4. The van der Waals surface area contributed by atoms with Crippen LogP contribution in [-0.4, -0.2) is 39.7 Å². The fourth-order valence-electron chi connectivity index (χ4n) is 3.29. The second kappa shape index (κ2) is 8.22. The van der Waals surface area contributed by atoms with Crippen molar-refractivity contribution in [2.24, 2.45) is 0 Å². The van der Waals surface area contributed by atoms with Crippen molar-refractivity contribution in [1.29, 1.82) is 0 Å². The number of hydrogen-bond donors (Lipinski definition) is 4. The van der Waals surface area contributed by atoms with E-state index in [2.05, 4.69) is 20.3 Å². The van der Waals surface area contributed by atoms with Gasteiger partial charge in [-0.15, -0.1) is 0 Å². The lowest BCUT2D eigenvalue weighted by atomic mass is 10.1. The molecule has 0 fully saturated rings. The fourth-order valence-corrected chi connectivity index (χ4v) is 3.29. The van der Waals surface area contributed by atoms with Crippen LogP contribution in [0.4, 0.5) is 5.69 Å². The van der Waals surface area contributed by atoms with Gasteiger partial charge in [0.1, 0.15) is 16.9 Å². The highest BCUT2D eigenvalue weighted by Crippen LogP contribution is 2.26. The Kier molecular flexibility index (Phi) is 5.32. The van der Waals surface area contributed by atoms with Crippen molar-refractivity contribution in [3.63, 3.8) is 0 Å². The van der Waals surface area contributed by atoms with Crippen molar-refractivity contribution in [2.75, 3.05) is 19.0 Å². The van der Waals surface area contributed by atoms with E-state index in [1.807, 2.05) is 30.3 Å². The van der Waals surface area contributed by atoms with Gasteiger partial charge in [-0.1, -0.05) is 36.4 Å². The summed E-state index contributed by atoms with van der Waals surface area (Å²) in [7, 11) is 1.30. The predicted octanol–water partition coefficient (Wildman–Crippen LogP) is 2.85. The zero-order valence-electron chi connectivity index (χ0n) is 16.2. The Labute approximate surface area is 171 Å². The summed E-state index contributed by atoms with van der Waals surface area (Å²) in [5.41, 5.74) is 2.52. The predicted molar refractivity (Wildman–Crippen MR) is 113 cm³/mol. The number of aliphatic hydroxyl groups is 1. The van der Waals surface area contributed by atoms with Crippen molar-refractivity contribution in [3.05, 3.63) is 82.3 Å². The highest BCUT2D eigenvalue weighted by Gasteiger charge is 2.19. The maximum Gasteiger partial charge on any atom is 0.340 e. The molecule has 4 rings (SSSR count). The van der Waals surface area contributed by atoms with Crippen LogP contribution in [0.2, 0.25) is 0 Å². The number of aromatic nitrogens is 3. The number of nitrogens with one attached hydrogen (secondary N) is 3. The normalized spacial score (nSPS) is 11.9. The van der Waals surface area contributed by atoms with Gasteiger partial charge in [0.05, 0.1) is 30.0 Å². The van der Waals surface area contributed by atoms with Crippen molar-refractivity contribution in [3.8, 4) is 11.4 Å². The lowest BCUT2D eigenvalue weighted by Gasteiger charge is -2.14. The molecule has 0 aliphatic heterocycles. The smallest absolute Gasteiger partial charge is 0.340 e. The number of para-hydroxylation sites is 1. The van der Waals surface area contributed by atoms with Crippen LogP contribution in [-0.2, 0) is 4.74 Å². The number of benzene rings is 2. The van der Waals surface area contributed by atoms with Crippen molar-refractivity contribution >= 4 is 22.7 Å². The van der Waals surface area contributed by atoms with E-state index >= 15 is 0 Å². The van der Waals surface area contributed by atoms with Crippen LogP contribution in [0.15, 0.2) is 65.6 Å². The molecule has 0 spiro atoms. The number of H-pyrrole nitrogens is 2. The lowest BCUT2D eigenvalue weighted by Crippen LogP contribution is -2.17. The van der Waals surface area contributed by atoms with Gasteiger partial charge < -0.3 is 25.1 Å². The van der Waals surface area contributed by atoms with Crippen molar-refractivity contribution in [1.82, 2.24) is 15.0 Å².